The van der Waals surface area contributed by atoms with Gasteiger partial charge in [-0.15, -0.1) is 11.8 Å². The highest BCUT2D eigenvalue weighted by Gasteiger charge is 2.64. The highest BCUT2D eigenvalue weighted by Crippen LogP contribution is 2.61. The number of esters is 1. The topological polar surface area (TPSA) is 90.4 Å². The lowest BCUT2D eigenvalue weighted by molar-refractivity contribution is -0.151. The molecule has 5 nitrogen and oxygen atoms in total. The lowest BCUT2D eigenvalue weighted by atomic mass is 9.74. The van der Waals surface area contributed by atoms with Gasteiger partial charge in [0.1, 0.15) is 5.54 Å². The SMILES string of the molecule is CCOC(=O)[C@]1(N)[C@@H]2C[C@@H]([C@@H](c3cccc(Nc4ccc(N)cc4)c3)C2)[C@H]1Sc1ccccc1. The Balaban J connectivity index is 1.42. The number of benzene rings is 3. The van der Waals surface area contributed by atoms with Crippen molar-refractivity contribution in [2.75, 3.05) is 17.7 Å². The molecule has 3 aromatic carbocycles. The van der Waals surface area contributed by atoms with Gasteiger partial charge in [-0.05, 0) is 91.6 Å². The van der Waals surface area contributed by atoms with Gasteiger partial charge in [0.2, 0.25) is 0 Å². The van der Waals surface area contributed by atoms with E-state index in [0.29, 0.717) is 18.4 Å². The van der Waals surface area contributed by atoms with Crippen molar-refractivity contribution in [2.24, 2.45) is 17.6 Å². The van der Waals surface area contributed by atoms with Crippen LogP contribution in [-0.2, 0) is 9.53 Å². The number of hydrogen-bond donors (Lipinski definition) is 3. The van der Waals surface area contributed by atoms with Crippen LogP contribution in [-0.4, -0.2) is 23.4 Å². The zero-order valence-electron chi connectivity index (χ0n) is 19.3. The van der Waals surface area contributed by atoms with E-state index in [1.807, 2.05) is 49.4 Å². The van der Waals surface area contributed by atoms with Crippen molar-refractivity contribution >= 4 is 34.8 Å². The molecular formula is C28H31N3O2S. The molecule has 0 spiro atoms. The van der Waals surface area contributed by atoms with Gasteiger partial charge in [-0.25, -0.2) is 0 Å². The van der Waals surface area contributed by atoms with Crippen LogP contribution in [0.3, 0.4) is 0 Å². The quantitative estimate of drug-likeness (QED) is 0.308. The maximum absolute atomic E-state index is 13.1. The molecule has 176 valence electrons. The van der Waals surface area contributed by atoms with E-state index in [2.05, 4.69) is 41.7 Å². The smallest absolute Gasteiger partial charge is 0.327 e. The van der Waals surface area contributed by atoms with E-state index in [9.17, 15) is 4.79 Å². The molecule has 2 bridgehead atoms. The van der Waals surface area contributed by atoms with Gasteiger partial charge in [0, 0.05) is 27.2 Å². The Morgan fingerprint density at radius 2 is 1.79 bits per heavy atom. The summed E-state index contributed by atoms with van der Waals surface area (Å²) in [5, 5.41) is 3.45. The third-order valence-corrected chi connectivity index (χ3v) is 8.83. The normalized spacial score (nSPS) is 27.5. The molecule has 5 N–H and O–H groups in total. The molecule has 0 unspecified atom stereocenters. The van der Waals surface area contributed by atoms with Gasteiger partial charge in [0.25, 0.3) is 0 Å². The van der Waals surface area contributed by atoms with Crippen LogP contribution in [0.5, 0.6) is 0 Å². The van der Waals surface area contributed by atoms with E-state index in [-0.39, 0.29) is 17.1 Å². The number of thioether (sulfide) groups is 1. The monoisotopic (exact) mass is 473 g/mol. The fourth-order valence-corrected chi connectivity index (χ4v) is 7.28. The van der Waals surface area contributed by atoms with Crippen molar-refractivity contribution in [3.05, 3.63) is 84.4 Å². The van der Waals surface area contributed by atoms with E-state index in [4.69, 9.17) is 16.2 Å². The van der Waals surface area contributed by atoms with Gasteiger partial charge in [-0.2, -0.15) is 0 Å². The van der Waals surface area contributed by atoms with Crippen LogP contribution < -0.4 is 16.8 Å². The van der Waals surface area contributed by atoms with Crippen LogP contribution in [0.2, 0.25) is 0 Å². The summed E-state index contributed by atoms with van der Waals surface area (Å²) in [6.07, 6.45) is 1.84. The summed E-state index contributed by atoms with van der Waals surface area (Å²) in [4.78, 5) is 14.2. The summed E-state index contributed by atoms with van der Waals surface area (Å²) in [6.45, 7) is 2.19. The third kappa shape index (κ3) is 4.17. The highest BCUT2D eigenvalue weighted by atomic mass is 32.2. The third-order valence-electron chi connectivity index (χ3n) is 7.30. The summed E-state index contributed by atoms with van der Waals surface area (Å²) in [5.41, 5.74) is 15.9. The molecule has 34 heavy (non-hydrogen) atoms. The molecule has 2 saturated carbocycles. The number of carbonyl (C=O) groups is 1. The highest BCUT2D eigenvalue weighted by molar-refractivity contribution is 8.00. The van der Waals surface area contributed by atoms with E-state index in [1.54, 1.807) is 11.8 Å². The van der Waals surface area contributed by atoms with Crippen molar-refractivity contribution in [2.45, 2.75) is 41.4 Å². The summed E-state index contributed by atoms with van der Waals surface area (Å²) in [6, 6.07) is 26.6. The second-order valence-corrected chi connectivity index (χ2v) is 10.5. The Hall–Kier alpha value is -2.96. The Bertz CT molecular complexity index is 1150. The molecule has 0 aliphatic heterocycles. The van der Waals surface area contributed by atoms with E-state index < -0.39 is 5.54 Å². The fraction of sp³-hybridized carbons (Fsp3) is 0.321. The molecule has 5 rings (SSSR count). The van der Waals surface area contributed by atoms with E-state index in [1.165, 1.54) is 5.56 Å². The molecule has 6 heteroatoms. The van der Waals surface area contributed by atoms with Gasteiger partial charge in [-0.3, -0.25) is 4.79 Å². The number of carbonyl (C=O) groups excluding carboxylic acids is 1. The molecule has 2 aliphatic carbocycles. The number of fused-ring (bicyclic) bond motifs is 2. The first-order valence-corrected chi connectivity index (χ1v) is 12.8. The standard InChI is InChI=1S/C28H31N3O2S/c1-2-33-27(32)28(30)19-16-24(25(17-19)26(28)34-23-9-4-3-5-10-23)18-7-6-8-22(15-18)31-21-13-11-20(29)12-14-21/h3-15,19,24-26,31H,2,16-17,29-30H2,1H3/t19-,24+,25-,26+,28-/m0/s1. The molecule has 0 amide bonds. The van der Waals surface area contributed by atoms with Crippen molar-refractivity contribution < 1.29 is 9.53 Å². The van der Waals surface area contributed by atoms with E-state index in [0.717, 1.165) is 34.8 Å². The second-order valence-electron chi connectivity index (χ2n) is 9.32. The lowest BCUT2D eigenvalue weighted by Crippen LogP contribution is -2.61. The molecule has 0 saturated heterocycles. The summed E-state index contributed by atoms with van der Waals surface area (Å²) in [7, 11) is 0. The molecule has 0 aromatic heterocycles. The number of nitrogens with two attached hydrogens (primary N) is 2. The Morgan fingerprint density at radius 1 is 1.03 bits per heavy atom. The summed E-state index contributed by atoms with van der Waals surface area (Å²) >= 11 is 1.73. The Kier molecular flexibility index (Phi) is 6.28. The van der Waals surface area contributed by atoms with Crippen molar-refractivity contribution in [3.63, 3.8) is 0 Å². The fourth-order valence-electron chi connectivity index (χ4n) is 5.71. The maximum Gasteiger partial charge on any atom is 0.327 e. The van der Waals surface area contributed by atoms with Gasteiger partial charge in [0.05, 0.1) is 6.61 Å². The zero-order valence-corrected chi connectivity index (χ0v) is 20.1. The van der Waals surface area contributed by atoms with Crippen LogP contribution >= 0.6 is 11.8 Å². The minimum atomic E-state index is -0.961. The van der Waals surface area contributed by atoms with Crippen LogP contribution in [0, 0.1) is 11.8 Å². The molecule has 5 atom stereocenters. The molecule has 0 radical (unpaired) electrons. The lowest BCUT2D eigenvalue weighted by Gasteiger charge is -2.41. The minimum absolute atomic E-state index is 0.0357. The summed E-state index contributed by atoms with van der Waals surface area (Å²) < 4.78 is 5.49. The van der Waals surface area contributed by atoms with Crippen LogP contribution in [0.15, 0.2) is 83.8 Å². The first-order chi connectivity index (χ1) is 16.5. The van der Waals surface area contributed by atoms with Crippen LogP contribution in [0.4, 0.5) is 17.1 Å². The van der Waals surface area contributed by atoms with Gasteiger partial charge in [0.15, 0.2) is 0 Å². The zero-order chi connectivity index (χ0) is 23.7. The van der Waals surface area contributed by atoms with Gasteiger partial charge < -0.3 is 21.5 Å². The average Bonchev–Trinajstić information content (AvgIpc) is 3.40. The first kappa shape index (κ1) is 22.8. The predicted octanol–water partition coefficient (Wildman–Crippen LogP) is 5.56. The largest absolute Gasteiger partial charge is 0.465 e. The first-order valence-electron chi connectivity index (χ1n) is 11.9. The molecule has 2 fully saturated rings. The van der Waals surface area contributed by atoms with Crippen molar-refractivity contribution in [1.29, 1.82) is 0 Å². The molecule has 0 heterocycles. The Labute approximate surface area is 205 Å². The number of anilines is 3. The van der Waals surface area contributed by atoms with E-state index >= 15 is 0 Å². The summed E-state index contributed by atoms with van der Waals surface area (Å²) in [5.74, 6) is 0.506. The minimum Gasteiger partial charge on any atom is -0.465 e. The average molecular weight is 474 g/mol. The van der Waals surface area contributed by atoms with Gasteiger partial charge >= 0.3 is 5.97 Å². The predicted molar refractivity (Wildman–Crippen MR) is 139 cm³/mol. The number of hydrogen-bond acceptors (Lipinski definition) is 6. The number of nitrogen functional groups attached to an aromatic ring is 1. The van der Waals surface area contributed by atoms with Crippen molar-refractivity contribution in [1.82, 2.24) is 0 Å². The maximum atomic E-state index is 13.1. The second kappa shape index (κ2) is 9.35. The van der Waals surface area contributed by atoms with Crippen molar-refractivity contribution in [3.8, 4) is 0 Å². The van der Waals surface area contributed by atoms with Gasteiger partial charge in [-0.1, -0.05) is 30.3 Å². The molecule has 3 aromatic rings. The number of rotatable bonds is 7. The van der Waals surface area contributed by atoms with Crippen LogP contribution in [0.25, 0.3) is 0 Å². The van der Waals surface area contributed by atoms with Crippen LogP contribution in [0.1, 0.15) is 31.2 Å². The molecule has 2 aliphatic rings. The number of ether oxygens (including phenoxy) is 1. The molecular weight excluding hydrogens is 442 g/mol. The Morgan fingerprint density at radius 3 is 2.53 bits per heavy atom. The number of nitrogens with one attached hydrogen (secondary N) is 1.